The number of amides is 3. The Morgan fingerprint density at radius 2 is 1.79 bits per heavy atom. The molecule has 0 radical (unpaired) electrons. The first kappa shape index (κ1) is 17.0. The normalized spacial score (nSPS) is 24.6. The summed E-state index contributed by atoms with van der Waals surface area (Å²) < 4.78 is 8.16. The van der Waals surface area contributed by atoms with E-state index in [0.717, 1.165) is 30.2 Å². The Bertz CT molecular complexity index is 725. The molecule has 0 spiro atoms. The molecule has 2 fully saturated rings. The van der Waals surface area contributed by atoms with Crippen LogP contribution in [0.4, 0.5) is 4.79 Å². The van der Waals surface area contributed by atoms with Gasteiger partial charge < -0.3 is 14.2 Å². The van der Waals surface area contributed by atoms with E-state index in [0.29, 0.717) is 5.75 Å². The fourth-order valence-electron chi connectivity index (χ4n) is 3.27. The highest BCUT2D eigenvalue weighted by Gasteiger charge is 2.40. The van der Waals surface area contributed by atoms with E-state index in [2.05, 4.69) is 15.9 Å². The number of ether oxygens (including phenoxy) is 1. The molecular formula is C16H20BrN3O4. The van der Waals surface area contributed by atoms with Gasteiger partial charge in [0.15, 0.2) is 0 Å². The van der Waals surface area contributed by atoms with Gasteiger partial charge in [0.25, 0.3) is 11.5 Å². The van der Waals surface area contributed by atoms with Gasteiger partial charge >= 0.3 is 6.03 Å². The van der Waals surface area contributed by atoms with Crippen LogP contribution in [0.2, 0.25) is 0 Å². The number of rotatable bonds is 3. The fraction of sp³-hybridized carbons (Fsp3) is 0.562. The molecule has 0 N–H and O–H groups in total. The number of carbonyl (C=O) groups excluding carboxylic acids is 2. The van der Waals surface area contributed by atoms with Crippen molar-refractivity contribution in [3.05, 3.63) is 27.1 Å². The summed E-state index contributed by atoms with van der Waals surface area (Å²) in [5, 5.41) is 0. The third-order valence-corrected chi connectivity index (χ3v) is 5.22. The molecule has 2 heterocycles. The average molecular weight is 398 g/mol. The van der Waals surface area contributed by atoms with Gasteiger partial charge in [0.05, 0.1) is 10.6 Å². The van der Waals surface area contributed by atoms with Crippen molar-refractivity contribution >= 4 is 27.9 Å². The van der Waals surface area contributed by atoms with E-state index in [4.69, 9.17) is 4.74 Å². The van der Waals surface area contributed by atoms with Crippen LogP contribution in [0.3, 0.4) is 0 Å². The Morgan fingerprint density at radius 1 is 1.12 bits per heavy atom. The van der Waals surface area contributed by atoms with Gasteiger partial charge in [-0.05, 0) is 41.6 Å². The smallest absolute Gasteiger partial charge is 0.327 e. The monoisotopic (exact) mass is 397 g/mol. The molecule has 0 atom stereocenters. The standard InChI is InChI=1S/C16H20BrN3O4/c1-18-8-12(17)13(7-14(18)21)24-11-5-3-10(4-6-11)20-15(22)9-19(2)16(20)23/h7-8,10-11H,3-6,9H2,1-2H3. The van der Waals surface area contributed by atoms with Crippen molar-refractivity contribution in [1.29, 1.82) is 0 Å². The van der Waals surface area contributed by atoms with Gasteiger partial charge in [-0.2, -0.15) is 0 Å². The first-order chi connectivity index (χ1) is 11.4. The van der Waals surface area contributed by atoms with Crippen molar-refractivity contribution in [2.75, 3.05) is 13.6 Å². The van der Waals surface area contributed by atoms with Gasteiger partial charge in [0.1, 0.15) is 12.3 Å². The molecule has 1 aliphatic heterocycles. The number of aryl methyl sites for hydroxylation is 1. The van der Waals surface area contributed by atoms with Crippen LogP contribution < -0.4 is 10.3 Å². The number of aromatic nitrogens is 1. The van der Waals surface area contributed by atoms with Crippen LogP contribution in [-0.2, 0) is 11.8 Å². The van der Waals surface area contributed by atoms with Crippen LogP contribution in [-0.4, -0.2) is 52.0 Å². The lowest BCUT2D eigenvalue weighted by molar-refractivity contribution is -0.127. The van der Waals surface area contributed by atoms with E-state index >= 15 is 0 Å². The Balaban J connectivity index is 1.62. The van der Waals surface area contributed by atoms with E-state index in [1.807, 2.05) is 0 Å². The average Bonchev–Trinajstić information content (AvgIpc) is 2.79. The SMILES string of the molecule is CN1CC(=O)N(C2CCC(Oc3cc(=O)n(C)cc3Br)CC2)C1=O. The van der Waals surface area contributed by atoms with Crippen molar-refractivity contribution in [1.82, 2.24) is 14.4 Å². The van der Waals surface area contributed by atoms with Crippen LogP contribution in [0, 0.1) is 0 Å². The van der Waals surface area contributed by atoms with E-state index in [-0.39, 0.29) is 36.2 Å². The van der Waals surface area contributed by atoms with Crippen molar-refractivity contribution in [2.45, 2.75) is 37.8 Å². The molecule has 0 aromatic carbocycles. The van der Waals surface area contributed by atoms with Gasteiger partial charge in [-0.25, -0.2) is 4.79 Å². The summed E-state index contributed by atoms with van der Waals surface area (Å²) in [5.74, 6) is 0.413. The molecule has 2 aliphatic rings. The number of hydrogen-bond acceptors (Lipinski definition) is 4. The highest BCUT2D eigenvalue weighted by Crippen LogP contribution is 2.31. The third kappa shape index (κ3) is 3.19. The van der Waals surface area contributed by atoms with Crippen molar-refractivity contribution < 1.29 is 14.3 Å². The largest absolute Gasteiger partial charge is 0.489 e. The molecule has 8 heteroatoms. The maximum absolute atomic E-state index is 12.1. The predicted molar refractivity (Wildman–Crippen MR) is 90.9 cm³/mol. The zero-order chi connectivity index (χ0) is 17.4. The first-order valence-electron chi connectivity index (χ1n) is 7.97. The molecule has 0 bridgehead atoms. The van der Waals surface area contributed by atoms with Crippen LogP contribution in [0.1, 0.15) is 25.7 Å². The number of pyridine rings is 1. The lowest BCUT2D eigenvalue weighted by atomic mass is 9.92. The fourth-order valence-corrected chi connectivity index (χ4v) is 3.78. The van der Waals surface area contributed by atoms with Crippen LogP contribution in [0.25, 0.3) is 0 Å². The quantitative estimate of drug-likeness (QED) is 0.728. The van der Waals surface area contributed by atoms with E-state index in [1.165, 1.54) is 20.4 Å². The van der Waals surface area contributed by atoms with Gasteiger partial charge in [-0.1, -0.05) is 0 Å². The Morgan fingerprint density at radius 3 is 2.38 bits per heavy atom. The molecule has 3 amide bonds. The summed E-state index contributed by atoms with van der Waals surface area (Å²) in [5.41, 5.74) is -0.127. The van der Waals surface area contributed by atoms with E-state index in [1.54, 1.807) is 20.3 Å². The third-order valence-electron chi connectivity index (χ3n) is 4.62. The van der Waals surface area contributed by atoms with Crippen molar-refractivity contribution in [2.24, 2.45) is 7.05 Å². The number of imide groups is 1. The lowest BCUT2D eigenvalue weighted by Crippen LogP contribution is -2.44. The summed E-state index contributed by atoms with van der Waals surface area (Å²) >= 11 is 3.41. The maximum atomic E-state index is 12.1. The van der Waals surface area contributed by atoms with E-state index in [9.17, 15) is 14.4 Å². The zero-order valence-corrected chi connectivity index (χ0v) is 15.3. The molecule has 1 saturated heterocycles. The second-order valence-corrected chi connectivity index (χ2v) is 7.24. The second-order valence-electron chi connectivity index (χ2n) is 6.39. The number of carbonyl (C=O) groups is 2. The Hall–Kier alpha value is -1.83. The number of halogens is 1. The minimum Gasteiger partial charge on any atom is -0.489 e. The Kier molecular flexibility index (Phi) is 4.67. The van der Waals surface area contributed by atoms with Crippen molar-refractivity contribution in [3.8, 4) is 5.75 Å². The zero-order valence-electron chi connectivity index (χ0n) is 13.7. The van der Waals surface area contributed by atoms with Crippen LogP contribution >= 0.6 is 15.9 Å². The molecule has 0 unspecified atom stereocenters. The summed E-state index contributed by atoms with van der Waals surface area (Å²) in [7, 11) is 3.32. The molecule has 24 heavy (non-hydrogen) atoms. The van der Waals surface area contributed by atoms with E-state index < -0.39 is 0 Å². The topological polar surface area (TPSA) is 71.8 Å². The van der Waals surface area contributed by atoms with Crippen LogP contribution in [0.5, 0.6) is 5.75 Å². The summed E-state index contributed by atoms with van der Waals surface area (Å²) in [6.07, 6.45) is 4.59. The predicted octanol–water partition coefficient (Wildman–Crippen LogP) is 1.73. The highest BCUT2D eigenvalue weighted by molar-refractivity contribution is 9.10. The molecule has 130 valence electrons. The summed E-state index contributed by atoms with van der Waals surface area (Å²) in [6.45, 7) is 0.162. The maximum Gasteiger partial charge on any atom is 0.327 e. The van der Waals surface area contributed by atoms with Gasteiger partial charge in [-0.15, -0.1) is 0 Å². The minimum atomic E-state index is -0.210. The summed E-state index contributed by atoms with van der Waals surface area (Å²) in [4.78, 5) is 38.6. The number of hydrogen-bond donors (Lipinski definition) is 0. The number of likely N-dealkylation sites (N-methyl/N-ethyl adjacent to an activating group) is 1. The lowest BCUT2D eigenvalue weighted by Gasteiger charge is -2.33. The summed E-state index contributed by atoms with van der Waals surface area (Å²) in [6, 6.07) is 1.21. The van der Waals surface area contributed by atoms with Crippen molar-refractivity contribution in [3.63, 3.8) is 0 Å². The van der Waals surface area contributed by atoms with Gasteiger partial charge in [-0.3, -0.25) is 14.5 Å². The molecule has 7 nitrogen and oxygen atoms in total. The highest BCUT2D eigenvalue weighted by atomic mass is 79.9. The van der Waals surface area contributed by atoms with Crippen LogP contribution in [0.15, 0.2) is 21.5 Å². The van der Waals surface area contributed by atoms with Gasteiger partial charge in [0, 0.05) is 32.4 Å². The first-order valence-corrected chi connectivity index (χ1v) is 8.76. The molecular weight excluding hydrogens is 378 g/mol. The molecule has 3 rings (SSSR count). The molecule has 1 saturated carbocycles. The Labute approximate surface area is 148 Å². The molecule has 1 aliphatic carbocycles. The van der Waals surface area contributed by atoms with Gasteiger partial charge in [0.2, 0.25) is 0 Å². The number of nitrogens with zero attached hydrogens (tertiary/aromatic N) is 3. The minimum absolute atomic E-state index is 0.0183. The number of urea groups is 1. The molecule has 1 aromatic rings. The molecule has 1 aromatic heterocycles. The second kappa shape index (κ2) is 6.58.